The van der Waals surface area contributed by atoms with Gasteiger partial charge in [0.05, 0.1) is 5.25 Å². The molecule has 1 heterocycles. The quantitative estimate of drug-likeness (QED) is 0.368. The number of nitrogens with two attached hydrogens (primary N) is 1. The Labute approximate surface area is 116 Å². The third-order valence-electron chi connectivity index (χ3n) is 2.87. The second kappa shape index (κ2) is 7.93. The van der Waals surface area contributed by atoms with Crippen molar-refractivity contribution in [2.24, 2.45) is 5.73 Å². The molecule has 1 saturated heterocycles. The molecule has 0 aliphatic carbocycles. The summed E-state index contributed by atoms with van der Waals surface area (Å²) in [4.78, 5) is 45.6. The Kier molecular flexibility index (Phi) is 6.55. The summed E-state index contributed by atoms with van der Waals surface area (Å²) in [5.41, 5.74) is 5.02. The lowest BCUT2D eigenvalue weighted by molar-refractivity contribution is -0.138. The van der Waals surface area contributed by atoms with Crippen LogP contribution in [0.4, 0.5) is 0 Å². The van der Waals surface area contributed by atoms with Crippen LogP contribution in [0.25, 0.3) is 0 Å². The molecule has 1 rings (SSSR count). The molecular weight excluding hydrogens is 268 g/mol. The van der Waals surface area contributed by atoms with Gasteiger partial charge in [-0.25, -0.2) is 0 Å². The van der Waals surface area contributed by atoms with Gasteiger partial charge >= 0.3 is 0 Å². The van der Waals surface area contributed by atoms with E-state index in [0.717, 1.165) is 12.7 Å². The molecule has 0 bridgehead atoms. The molecule has 7 heteroatoms. The monoisotopic (exact) mass is 286 g/mol. The first kappa shape index (κ1) is 15.7. The standard InChI is InChI=1S/C12H18N2O4S/c13-10(16)4-2-1-3-5-14-11(17)8-9(12(14)18)19-7-6-15/h6,9H,1-5,7-8H2,(H2,13,16). The van der Waals surface area contributed by atoms with Crippen molar-refractivity contribution in [2.45, 2.75) is 37.4 Å². The predicted octanol–water partition coefficient (Wildman–Crippen LogP) is 0.0917. The van der Waals surface area contributed by atoms with Crippen LogP contribution >= 0.6 is 11.8 Å². The number of imide groups is 1. The first-order chi connectivity index (χ1) is 9.06. The van der Waals surface area contributed by atoms with Gasteiger partial charge in [-0.05, 0) is 12.8 Å². The lowest BCUT2D eigenvalue weighted by Gasteiger charge is -2.14. The Hall–Kier alpha value is -1.37. The van der Waals surface area contributed by atoms with Crippen LogP contribution in [-0.2, 0) is 19.2 Å². The van der Waals surface area contributed by atoms with Crippen molar-refractivity contribution < 1.29 is 19.2 Å². The number of amides is 3. The Morgan fingerprint density at radius 3 is 2.74 bits per heavy atom. The minimum absolute atomic E-state index is 0.177. The number of carbonyl (C=O) groups excluding carboxylic acids is 4. The van der Waals surface area contributed by atoms with E-state index >= 15 is 0 Å². The molecular formula is C12H18N2O4S. The molecule has 1 unspecified atom stereocenters. The predicted molar refractivity (Wildman–Crippen MR) is 71.3 cm³/mol. The first-order valence-corrected chi connectivity index (χ1v) is 7.29. The number of hydrogen-bond donors (Lipinski definition) is 1. The molecule has 0 aromatic heterocycles. The van der Waals surface area contributed by atoms with Crippen molar-refractivity contribution in [1.82, 2.24) is 4.90 Å². The Bertz CT molecular complexity index is 373. The van der Waals surface area contributed by atoms with Gasteiger partial charge in [-0.1, -0.05) is 6.42 Å². The molecule has 3 amide bonds. The number of thioether (sulfide) groups is 1. The molecule has 0 saturated carbocycles. The number of primary amides is 1. The average molecular weight is 286 g/mol. The average Bonchev–Trinajstić information content (AvgIpc) is 2.62. The van der Waals surface area contributed by atoms with Gasteiger partial charge in [0, 0.05) is 25.1 Å². The van der Waals surface area contributed by atoms with Crippen LogP contribution in [0.2, 0.25) is 0 Å². The van der Waals surface area contributed by atoms with Crippen molar-refractivity contribution in [3.63, 3.8) is 0 Å². The molecule has 1 aliphatic heterocycles. The maximum Gasteiger partial charge on any atom is 0.242 e. The number of aldehydes is 1. The zero-order valence-electron chi connectivity index (χ0n) is 10.7. The Morgan fingerprint density at radius 2 is 2.11 bits per heavy atom. The molecule has 106 valence electrons. The van der Waals surface area contributed by atoms with Gasteiger partial charge in [0.2, 0.25) is 17.7 Å². The number of hydrogen-bond acceptors (Lipinski definition) is 5. The molecule has 0 spiro atoms. The summed E-state index contributed by atoms with van der Waals surface area (Å²) in [6.45, 7) is 0.384. The van der Waals surface area contributed by atoms with Crippen LogP contribution in [0.3, 0.4) is 0 Å². The second-order valence-corrected chi connectivity index (χ2v) is 5.59. The van der Waals surface area contributed by atoms with Crippen molar-refractivity contribution in [3.8, 4) is 0 Å². The fourth-order valence-corrected chi connectivity index (χ4v) is 2.76. The number of unbranched alkanes of at least 4 members (excludes halogenated alkanes) is 2. The SMILES string of the molecule is NC(=O)CCCCCN1C(=O)CC(SCC=O)C1=O. The molecule has 0 aromatic carbocycles. The van der Waals surface area contributed by atoms with E-state index in [2.05, 4.69) is 0 Å². The van der Waals surface area contributed by atoms with E-state index < -0.39 is 5.25 Å². The van der Waals surface area contributed by atoms with Crippen LogP contribution in [0.1, 0.15) is 32.1 Å². The van der Waals surface area contributed by atoms with Crippen molar-refractivity contribution in [3.05, 3.63) is 0 Å². The molecule has 19 heavy (non-hydrogen) atoms. The van der Waals surface area contributed by atoms with Crippen molar-refractivity contribution in [1.29, 1.82) is 0 Å². The van der Waals surface area contributed by atoms with Gasteiger partial charge in [-0.2, -0.15) is 0 Å². The van der Waals surface area contributed by atoms with Gasteiger partial charge in [0.1, 0.15) is 6.29 Å². The Morgan fingerprint density at radius 1 is 1.37 bits per heavy atom. The number of carbonyl (C=O) groups is 4. The third kappa shape index (κ3) is 5.02. The highest BCUT2D eigenvalue weighted by Crippen LogP contribution is 2.24. The molecule has 0 aromatic rings. The van der Waals surface area contributed by atoms with Crippen LogP contribution in [0, 0.1) is 0 Å². The molecule has 1 aliphatic rings. The molecule has 2 N–H and O–H groups in total. The topological polar surface area (TPSA) is 97.5 Å². The fourth-order valence-electron chi connectivity index (χ4n) is 1.92. The highest BCUT2D eigenvalue weighted by Gasteiger charge is 2.38. The number of likely N-dealkylation sites (tertiary alicyclic amines) is 1. The van der Waals surface area contributed by atoms with Gasteiger partial charge in [-0.3, -0.25) is 19.3 Å². The largest absolute Gasteiger partial charge is 0.370 e. The Balaban J connectivity index is 2.29. The normalized spacial score (nSPS) is 18.9. The van der Waals surface area contributed by atoms with E-state index in [0.29, 0.717) is 25.8 Å². The number of nitrogens with zero attached hydrogens (tertiary/aromatic N) is 1. The molecule has 1 atom stereocenters. The van der Waals surface area contributed by atoms with E-state index in [1.165, 1.54) is 16.7 Å². The van der Waals surface area contributed by atoms with Crippen LogP contribution in [0.5, 0.6) is 0 Å². The van der Waals surface area contributed by atoms with Gasteiger partial charge in [0.25, 0.3) is 0 Å². The van der Waals surface area contributed by atoms with E-state index in [4.69, 9.17) is 5.73 Å². The summed E-state index contributed by atoms with van der Waals surface area (Å²) in [5, 5.41) is -0.414. The van der Waals surface area contributed by atoms with E-state index in [1.807, 2.05) is 0 Å². The number of rotatable bonds is 9. The molecule has 1 fully saturated rings. The van der Waals surface area contributed by atoms with E-state index in [9.17, 15) is 19.2 Å². The molecule has 6 nitrogen and oxygen atoms in total. The van der Waals surface area contributed by atoms with E-state index in [1.54, 1.807) is 0 Å². The molecule has 0 radical (unpaired) electrons. The first-order valence-electron chi connectivity index (χ1n) is 6.24. The summed E-state index contributed by atoms with van der Waals surface area (Å²) in [6, 6.07) is 0. The minimum atomic E-state index is -0.414. The lowest BCUT2D eigenvalue weighted by atomic mass is 10.2. The summed E-state index contributed by atoms with van der Waals surface area (Å²) < 4.78 is 0. The lowest BCUT2D eigenvalue weighted by Crippen LogP contribution is -2.32. The second-order valence-electron chi connectivity index (χ2n) is 4.35. The summed E-state index contributed by atoms with van der Waals surface area (Å²) in [5.74, 6) is -0.482. The van der Waals surface area contributed by atoms with E-state index in [-0.39, 0.29) is 29.9 Å². The van der Waals surface area contributed by atoms with Gasteiger partial charge < -0.3 is 10.5 Å². The zero-order chi connectivity index (χ0) is 14.3. The van der Waals surface area contributed by atoms with Crippen LogP contribution in [-0.4, -0.2) is 46.5 Å². The van der Waals surface area contributed by atoms with Crippen LogP contribution in [0.15, 0.2) is 0 Å². The van der Waals surface area contributed by atoms with Crippen molar-refractivity contribution >= 4 is 35.8 Å². The van der Waals surface area contributed by atoms with Gasteiger partial charge in [-0.15, -0.1) is 11.8 Å². The highest BCUT2D eigenvalue weighted by molar-refractivity contribution is 8.01. The fraction of sp³-hybridized carbons (Fsp3) is 0.667. The summed E-state index contributed by atoms with van der Waals surface area (Å²) >= 11 is 1.21. The maximum atomic E-state index is 11.9. The minimum Gasteiger partial charge on any atom is -0.370 e. The smallest absolute Gasteiger partial charge is 0.242 e. The van der Waals surface area contributed by atoms with Crippen LogP contribution < -0.4 is 5.73 Å². The zero-order valence-corrected chi connectivity index (χ0v) is 11.5. The third-order valence-corrected chi connectivity index (χ3v) is 3.97. The highest BCUT2D eigenvalue weighted by atomic mass is 32.2. The van der Waals surface area contributed by atoms with Gasteiger partial charge in [0.15, 0.2) is 0 Å². The van der Waals surface area contributed by atoms with Crippen molar-refractivity contribution in [2.75, 3.05) is 12.3 Å². The summed E-state index contributed by atoms with van der Waals surface area (Å²) in [6.07, 6.45) is 3.35. The summed E-state index contributed by atoms with van der Waals surface area (Å²) in [7, 11) is 0. The maximum absolute atomic E-state index is 11.9.